The number of carbonyl (C=O) groups is 1. The minimum atomic E-state index is -0.189. The number of amides is 1. The minimum absolute atomic E-state index is 0.189. The molecule has 2 aromatic carbocycles. The Morgan fingerprint density at radius 2 is 1.75 bits per heavy atom. The van der Waals surface area contributed by atoms with Crippen molar-refractivity contribution in [3.05, 3.63) is 88.9 Å². The molecule has 0 saturated carbocycles. The first kappa shape index (κ1) is 18.0. The van der Waals surface area contributed by atoms with Gasteiger partial charge in [0, 0.05) is 24.1 Å². The van der Waals surface area contributed by atoms with Crippen molar-refractivity contribution in [3.63, 3.8) is 0 Å². The van der Waals surface area contributed by atoms with E-state index in [4.69, 9.17) is 4.42 Å². The predicted molar refractivity (Wildman–Crippen MR) is 111 cm³/mol. The van der Waals surface area contributed by atoms with Gasteiger partial charge in [-0.3, -0.25) is 10.2 Å². The molecule has 0 bridgehead atoms. The highest BCUT2D eigenvalue weighted by Gasteiger charge is 2.27. The summed E-state index contributed by atoms with van der Waals surface area (Å²) < 4.78 is 5.95. The Labute approximate surface area is 164 Å². The molecule has 4 rings (SSSR count). The van der Waals surface area contributed by atoms with E-state index in [0.717, 1.165) is 53.1 Å². The normalized spacial score (nSPS) is 14.5. The van der Waals surface area contributed by atoms with Crippen molar-refractivity contribution in [2.75, 3.05) is 5.43 Å². The molecule has 0 unspecified atom stereocenters. The number of carbonyl (C=O) groups excluding carboxylic acids is 1. The zero-order valence-electron chi connectivity index (χ0n) is 15.9. The molecule has 142 valence electrons. The van der Waals surface area contributed by atoms with Crippen LogP contribution in [-0.2, 0) is 13.0 Å². The molecule has 3 aromatic rings. The fourth-order valence-corrected chi connectivity index (χ4v) is 3.50. The smallest absolute Gasteiger partial charge is 0.287 e. The lowest BCUT2D eigenvalue weighted by molar-refractivity contribution is 0.0920. The molecule has 28 heavy (non-hydrogen) atoms. The third kappa shape index (κ3) is 3.83. The Hall–Kier alpha value is -3.34. The molecule has 1 heterocycles. The molecule has 1 amide bonds. The lowest BCUT2D eigenvalue weighted by Gasteiger charge is -2.13. The van der Waals surface area contributed by atoms with Gasteiger partial charge in [0.15, 0.2) is 5.76 Å². The number of aryl methyl sites for hydroxylation is 1. The first-order valence-electron chi connectivity index (χ1n) is 9.55. The summed E-state index contributed by atoms with van der Waals surface area (Å²) in [6.45, 7) is 2.41. The van der Waals surface area contributed by atoms with E-state index < -0.39 is 0 Å². The monoisotopic (exact) mass is 373 g/mol. The molecule has 0 saturated heterocycles. The van der Waals surface area contributed by atoms with Gasteiger partial charge in [0.1, 0.15) is 5.76 Å². The highest BCUT2D eigenvalue weighted by molar-refractivity contribution is 6.06. The van der Waals surface area contributed by atoms with Crippen LogP contribution in [0.2, 0.25) is 0 Å². The maximum atomic E-state index is 12.7. The van der Waals surface area contributed by atoms with Crippen LogP contribution in [0.4, 0.5) is 5.69 Å². The van der Waals surface area contributed by atoms with Gasteiger partial charge < -0.3 is 9.73 Å². The van der Waals surface area contributed by atoms with Gasteiger partial charge in [-0.2, -0.15) is 5.10 Å². The second-order valence-corrected chi connectivity index (χ2v) is 6.91. The average Bonchev–Trinajstić information content (AvgIpc) is 3.09. The zero-order valence-corrected chi connectivity index (χ0v) is 15.9. The summed E-state index contributed by atoms with van der Waals surface area (Å²) >= 11 is 0. The van der Waals surface area contributed by atoms with Gasteiger partial charge in [-0.15, -0.1) is 0 Å². The number of nitrogens with zero attached hydrogens (tertiary/aromatic N) is 1. The lowest BCUT2D eigenvalue weighted by atomic mass is 9.93. The molecule has 5 heteroatoms. The highest BCUT2D eigenvalue weighted by Crippen LogP contribution is 2.30. The van der Waals surface area contributed by atoms with Crippen molar-refractivity contribution < 1.29 is 9.21 Å². The number of hydrogen-bond donors (Lipinski definition) is 2. The van der Waals surface area contributed by atoms with Crippen LogP contribution >= 0.6 is 0 Å². The second-order valence-electron chi connectivity index (χ2n) is 6.91. The van der Waals surface area contributed by atoms with Gasteiger partial charge >= 0.3 is 0 Å². The second kappa shape index (κ2) is 8.13. The standard InChI is InChI=1S/C23H23N3O2/c1-16-21-19(26-25-18-11-6-3-7-12-18)13-8-14-20(21)28-22(16)23(27)24-15-17-9-4-2-5-10-17/h2-7,9-12,25H,8,13-15H2,1H3,(H,24,27)/b26-19+. The fourth-order valence-electron chi connectivity index (χ4n) is 3.50. The summed E-state index contributed by atoms with van der Waals surface area (Å²) in [5, 5.41) is 7.55. The molecule has 5 nitrogen and oxygen atoms in total. The van der Waals surface area contributed by atoms with Crippen LogP contribution in [0.25, 0.3) is 0 Å². The maximum absolute atomic E-state index is 12.7. The summed E-state index contributed by atoms with van der Waals surface area (Å²) in [5.74, 6) is 1.04. The van der Waals surface area contributed by atoms with Crippen molar-refractivity contribution in [2.45, 2.75) is 32.7 Å². The topological polar surface area (TPSA) is 66.6 Å². The number of furan rings is 1. The largest absolute Gasteiger partial charge is 0.455 e. The van der Waals surface area contributed by atoms with Gasteiger partial charge in [0.2, 0.25) is 0 Å². The van der Waals surface area contributed by atoms with E-state index in [2.05, 4.69) is 15.8 Å². The van der Waals surface area contributed by atoms with E-state index in [1.165, 1.54) is 0 Å². The van der Waals surface area contributed by atoms with E-state index in [1.54, 1.807) is 0 Å². The predicted octanol–water partition coefficient (Wildman–Crippen LogP) is 4.67. The van der Waals surface area contributed by atoms with E-state index in [9.17, 15) is 4.79 Å². The molecule has 0 fully saturated rings. The number of nitrogens with one attached hydrogen (secondary N) is 2. The van der Waals surface area contributed by atoms with E-state index in [-0.39, 0.29) is 5.91 Å². The van der Waals surface area contributed by atoms with Gasteiger partial charge in [0.05, 0.1) is 11.4 Å². The molecule has 0 spiro atoms. The van der Waals surface area contributed by atoms with Crippen LogP contribution in [0, 0.1) is 6.92 Å². The number of rotatable bonds is 5. The van der Waals surface area contributed by atoms with Gasteiger partial charge in [-0.1, -0.05) is 48.5 Å². The van der Waals surface area contributed by atoms with Crippen molar-refractivity contribution >= 4 is 17.3 Å². The maximum Gasteiger partial charge on any atom is 0.287 e. The highest BCUT2D eigenvalue weighted by atomic mass is 16.4. The molecule has 1 aliphatic carbocycles. The van der Waals surface area contributed by atoms with Crippen LogP contribution in [0.15, 0.2) is 70.2 Å². The number of hydrogen-bond acceptors (Lipinski definition) is 4. The van der Waals surface area contributed by atoms with E-state index in [0.29, 0.717) is 12.3 Å². The van der Waals surface area contributed by atoms with Gasteiger partial charge in [0.25, 0.3) is 5.91 Å². The van der Waals surface area contributed by atoms with Gasteiger partial charge in [-0.25, -0.2) is 0 Å². The number of anilines is 1. The summed E-state index contributed by atoms with van der Waals surface area (Å²) in [7, 11) is 0. The Bertz CT molecular complexity index is 991. The third-order valence-electron chi connectivity index (χ3n) is 4.92. The van der Waals surface area contributed by atoms with Crippen LogP contribution in [0.5, 0.6) is 0 Å². The van der Waals surface area contributed by atoms with Crippen LogP contribution in [0.3, 0.4) is 0 Å². The Kier molecular flexibility index (Phi) is 5.24. The summed E-state index contributed by atoms with van der Waals surface area (Å²) in [4.78, 5) is 12.7. The van der Waals surface area contributed by atoms with Crippen molar-refractivity contribution in [1.82, 2.24) is 5.32 Å². The van der Waals surface area contributed by atoms with Crippen LogP contribution < -0.4 is 10.7 Å². The molecule has 1 aromatic heterocycles. The SMILES string of the molecule is Cc1c(C(=O)NCc2ccccc2)oc2c1/C(=N/Nc1ccccc1)CCC2. The number of benzene rings is 2. The van der Waals surface area contributed by atoms with Crippen LogP contribution in [0.1, 0.15) is 45.8 Å². The Morgan fingerprint density at radius 1 is 1.04 bits per heavy atom. The molecular formula is C23H23N3O2. The van der Waals surface area contributed by atoms with E-state index in [1.807, 2.05) is 67.6 Å². The first-order chi connectivity index (χ1) is 13.7. The molecule has 1 aliphatic rings. The van der Waals surface area contributed by atoms with Crippen molar-refractivity contribution in [3.8, 4) is 0 Å². The Balaban J connectivity index is 1.54. The minimum Gasteiger partial charge on any atom is -0.455 e. The van der Waals surface area contributed by atoms with Crippen molar-refractivity contribution in [2.24, 2.45) is 5.10 Å². The molecule has 0 atom stereocenters. The number of para-hydroxylation sites is 1. The summed E-state index contributed by atoms with van der Waals surface area (Å²) in [6, 6.07) is 19.7. The molecule has 0 radical (unpaired) electrons. The molecule has 0 aliphatic heterocycles. The fraction of sp³-hybridized carbons (Fsp3) is 0.217. The van der Waals surface area contributed by atoms with E-state index >= 15 is 0 Å². The lowest BCUT2D eigenvalue weighted by Crippen LogP contribution is -2.23. The van der Waals surface area contributed by atoms with Gasteiger partial charge in [-0.05, 0) is 37.5 Å². The molecular weight excluding hydrogens is 350 g/mol. The number of fused-ring (bicyclic) bond motifs is 1. The molecule has 2 N–H and O–H groups in total. The third-order valence-corrected chi connectivity index (χ3v) is 4.92. The first-order valence-corrected chi connectivity index (χ1v) is 9.55. The average molecular weight is 373 g/mol. The number of hydrazone groups is 1. The Morgan fingerprint density at radius 3 is 2.50 bits per heavy atom. The quantitative estimate of drug-likeness (QED) is 0.639. The summed E-state index contributed by atoms with van der Waals surface area (Å²) in [6.07, 6.45) is 2.64. The van der Waals surface area contributed by atoms with Crippen LogP contribution in [-0.4, -0.2) is 11.6 Å². The van der Waals surface area contributed by atoms with Crippen molar-refractivity contribution in [1.29, 1.82) is 0 Å². The zero-order chi connectivity index (χ0) is 19.3. The summed E-state index contributed by atoms with van der Waals surface area (Å²) in [5.41, 5.74) is 7.87.